The molecule has 8 heteroatoms. The van der Waals surface area contributed by atoms with E-state index in [1.54, 1.807) is 7.11 Å². The molecule has 0 unspecified atom stereocenters. The summed E-state index contributed by atoms with van der Waals surface area (Å²) in [7, 11) is 1.56. The van der Waals surface area contributed by atoms with Gasteiger partial charge in [0.05, 0.1) is 11.5 Å². The fourth-order valence-electron chi connectivity index (χ4n) is 2.13. The molecule has 0 saturated carbocycles. The van der Waals surface area contributed by atoms with Gasteiger partial charge in [-0.05, 0) is 23.6 Å². The zero-order valence-electron chi connectivity index (χ0n) is 13.9. The Balaban J connectivity index is 2.25. The van der Waals surface area contributed by atoms with Crippen molar-refractivity contribution in [2.24, 2.45) is 0 Å². The van der Waals surface area contributed by atoms with Crippen LogP contribution in [-0.4, -0.2) is 35.2 Å². The highest BCUT2D eigenvalue weighted by molar-refractivity contribution is 5.73. The molecule has 128 valence electrons. The number of nitro groups is 1. The second-order valence-corrected chi connectivity index (χ2v) is 5.50. The minimum absolute atomic E-state index is 0.146. The zero-order chi connectivity index (χ0) is 17.5. The predicted molar refractivity (Wildman–Crippen MR) is 92.9 cm³/mol. The van der Waals surface area contributed by atoms with Crippen LogP contribution < -0.4 is 10.6 Å². The van der Waals surface area contributed by atoms with Gasteiger partial charge in [0.1, 0.15) is 6.33 Å². The molecule has 2 N–H and O–H groups in total. The fraction of sp³-hybridized carbons (Fsp3) is 0.375. The Labute approximate surface area is 140 Å². The standard InChI is InChI=1S/C16H21N5O3/c1-11(2)12-4-6-13(7-5-12)20-16-14(21(22)23)15(18-10-19-16)17-8-9-24-3/h4-7,10-11H,8-9H2,1-3H3,(H2,17,18,19,20). The van der Waals surface area contributed by atoms with Crippen LogP contribution in [0.25, 0.3) is 0 Å². The van der Waals surface area contributed by atoms with Crippen molar-refractivity contribution in [3.05, 3.63) is 46.3 Å². The number of rotatable bonds is 8. The van der Waals surface area contributed by atoms with Crippen molar-refractivity contribution in [1.29, 1.82) is 0 Å². The minimum Gasteiger partial charge on any atom is -0.383 e. The third-order valence-electron chi connectivity index (χ3n) is 3.44. The first kappa shape index (κ1) is 17.6. The van der Waals surface area contributed by atoms with E-state index in [9.17, 15) is 10.1 Å². The first-order valence-corrected chi connectivity index (χ1v) is 7.62. The van der Waals surface area contributed by atoms with Crippen molar-refractivity contribution in [2.45, 2.75) is 19.8 Å². The summed E-state index contributed by atoms with van der Waals surface area (Å²) in [5.74, 6) is 0.726. The molecule has 0 aliphatic carbocycles. The minimum atomic E-state index is -0.500. The Bertz CT molecular complexity index is 689. The lowest BCUT2D eigenvalue weighted by Crippen LogP contribution is -2.12. The largest absolute Gasteiger partial charge is 0.383 e. The molecule has 0 bridgehead atoms. The van der Waals surface area contributed by atoms with Gasteiger partial charge in [0.25, 0.3) is 0 Å². The molecule has 0 saturated heterocycles. The monoisotopic (exact) mass is 331 g/mol. The lowest BCUT2D eigenvalue weighted by atomic mass is 10.0. The van der Waals surface area contributed by atoms with Crippen molar-refractivity contribution in [3.63, 3.8) is 0 Å². The van der Waals surface area contributed by atoms with E-state index in [2.05, 4.69) is 34.4 Å². The highest BCUT2D eigenvalue weighted by atomic mass is 16.6. The highest BCUT2D eigenvalue weighted by Gasteiger charge is 2.22. The van der Waals surface area contributed by atoms with Crippen LogP contribution in [0.2, 0.25) is 0 Å². The molecule has 1 aromatic heterocycles. The second-order valence-electron chi connectivity index (χ2n) is 5.50. The molecule has 2 aromatic rings. The fourth-order valence-corrected chi connectivity index (χ4v) is 2.13. The first-order chi connectivity index (χ1) is 11.5. The number of hydrogen-bond acceptors (Lipinski definition) is 7. The summed E-state index contributed by atoms with van der Waals surface area (Å²) < 4.78 is 4.93. The number of aromatic nitrogens is 2. The van der Waals surface area contributed by atoms with E-state index in [0.717, 1.165) is 5.69 Å². The van der Waals surface area contributed by atoms with Crippen LogP contribution in [0.5, 0.6) is 0 Å². The van der Waals surface area contributed by atoms with Gasteiger partial charge in [-0.25, -0.2) is 9.97 Å². The van der Waals surface area contributed by atoms with Crippen molar-refractivity contribution < 1.29 is 9.66 Å². The Morgan fingerprint density at radius 3 is 2.46 bits per heavy atom. The maximum absolute atomic E-state index is 11.4. The zero-order valence-corrected chi connectivity index (χ0v) is 13.9. The summed E-state index contributed by atoms with van der Waals surface area (Å²) >= 11 is 0. The van der Waals surface area contributed by atoms with E-state index in [0.29, 0.717) is 19.1 Å². The quantitative estimate of drug-likeness (QED) is 0.434. The van der Waals surface area contributed by atoms with E-state index in [4.69, 9.17) is 4.74 Å². The maximum Gasteiger partial charge on any atom is 0.353 e. The van der Waals surface area contributed by atoms with E-state index in [1.165, 1.54) is 11.9 Å². The Kier molecular flexibility index (Phi) is 6.02. The van der Waals surface area contributed by atoms with Gasteiger partial charge in [-0.2, -0.15) is 0 Å². The van der Waals surface area contributed by atoms with Gasteiger partial charge in [0.15, 0.2) is 0 Å². The lowest BCUT2D eigenvalue weighted by Gasteiger charge is -2.11. The summed E-state index contributed by atoms with van der Waals surface area (Å²) in [6, 6.07) is 7.72. The normalized spacial score (nSPS) is 10.7. The molecule has 0 spiro atoms. The smallest absolute Gasteiger partial charge is 0.353 e. The van der Waals surface area contributed by atoms with Crippen LogP contribution in [0.3, 0.4) is 0 Å². The molecule has 24 heavy (non-hydrogen) atoms. The van der Waals surface area contributed by atoms with Crippen LogP contribution >= 0.6 is 0 Å². The van der Waals surface area contributed by atoms with Crippen LogP contribution in [0.15, 0.2) is 30.6 Å². The Morgan fingerprint density at radius 2 is 1.88 bits per heavy atom. The molecule has 0 radical (unpaired) electrons. The third-order valence-corrected chi connectivity index (χ3v) is 3.44. The Morgan fingerprint density at radius 1 is 1.21 bits per heavy atom. The summed E-state index contributed by atoms with van der Waals surface area (Å²) in [5.41, 5.74) is 1.73. The van der Waals surface area contributed by atoms with Gasteiger partial charge in [-0.1, -0.05) is 26.0 Å². The highest BCUT2D eigenvalue weighted by Crippen LogP contribution is 2.31. The maximum atomic E-state index is 11.4. The first-order valence-electron chi connectivity index (χ1n) is 7.62. The summed E-state index contributed by atoms with van der Waals surface area (Å²) in [6.07, 6.45) is 1.28. The van der Waals surface area contributed by atoms with Gasteiger partial charge >= 0.3 is 5.69 Å². The molecule has 2 rings (SSSR count). The average Bonchev–Trinajstić information content (AvgIpc) is 2.55. The average molecular weight is 331 g/mol. The molecular weight excluding hydrogens is 310 g/mol. The molecule has 0 amide bonds. The topological polar surface area (TPSA) is 102 Å². The van der Waals surface area contributed by atoms with Gasteiger partial charge in [0, 0.05) is 19.3 Å². The predicted octanol–water partition coefficient (Wildman–Crippen LogP) is 3.31. The molecule has 1 aromatic carbocycles. The lowest BCUT2D eigenvalue weighted by molar-refractivity contribution is -0.383. The van der Waals surface area contributed by atoms with Crippen LogP contribution in [0, 0.1) is 10.1 Å². The second kappa shape index (κ2) is 8.21. The number of nitrogens with zero attached hydrogens (tertiary/aromatic N) is 3. The number of nitrogens with one attached hydrogen (secondary N) is 2. The van der Waals surface area contributed by atoms with Crippen LogP contribution in [-0.2, 0) is 4.74 Å². The molecule has 1 heterocycles. The van der Waals surface area contributed by atoms with Crippen molar-refractivity contribution in [1.82, 2.24) is 9.97 Å². The van der Waals surface area contributed by atoms with Crippen molar-refractivity contribution >= 4 is 23.0 Å². The van der Waals surface area contributed by atoms with Crippen LogP contribution in [0.4, 0.5) is 23.0 Å². The third kappa shape index (κ3) is 4.39. The van der Waals surface area contributed by atoms with Gasteiger partial charge in [0.2, 0.25) is 11.6 Å². The summed E-state index contributed by atoms with van der Waals surface area (Å²) in [5, 5.41) is 17.3. The van der Waals surface area contributed by atoms with E-state index in [-0.39, 0.29) is 17.3 Å². The van der Waals surface area contributed by atoms with E-state index in [1.807, 2.05) is 24.3 Å². The molecule has 0 aliphatic heterocycles. The van der Waals surface area contributed by atoms with Gasteiger partial charge in [-0.15, -0.1) is 0 Å². The molecule has 0 fully saturated rings. The number of ether oxygens (including phenoxy) is 1. The SMILES string of the molecule is COCCNc1ncnc(Nc2ccc(C(C)C)cc2)c1[N+](=O)[O-]. The van der Waals surface area contributed by atoms with E-state index < -0.39 is 4.92 Å². The molecule has 0 atom stereocenters. The number of hydrogen-bond donors (Lipinski definition) is 2. The van der Waals surface area contributed by atoms with Crippen molar-refractivity contribution in [2.75, 3.05) is 30.9 Å². The molecule has 8 nitrogen and oxygen atoms in total. The van der Waals surface area contributed by atoms with E-state index >= 15 is 0 Å². The van der Waals surface area contributed by atoms with Crippen LogP contribution in [0.1, 0.15) is 25.3 Å². The van der Waals surface area contributed by atoms with Crippen molar-refractivity contribution in [3.8, 4) is 0 Å². The van der Waals surface area contributed by atoms with Gasteiger partial charge in [-0.3, -0.25) is 10.1 Å². The number of benzene rings is 1. The number of methoxy groups -OCH3 is 1. The Hall–Kier alpha value is -2.74. The molecule has 0 aliphatic rings. The summed E-state index contributed by atoms with van der Waals surface area (Å²) in [6.45, 7) is 5.04. The molecular formula is C16H21N5O3. The summed E-state index contributed by atoms with van der Waals surface area (Å²) in [4.78, 5) is 18.9. The van der Waals surface area contributed by atoms with Gasteiger partial charge < -0.3 is 15.4 Å². The number of anilines is 3.